The van der Waals surface area contributed by atoms with E-state index in [2.05, 4.69) is 39.9 Å². The Bertz CT molecular complexity index is 168. The largest absolute Gasteiger partial charge is 0.378 e. The Morgan fingerprint density at radius 2 is 1.82 bits per heavy atom. The molecule has 0 heterocycles. The van der Waals surface area contributed by atoms with Crippen LogP contribution < -0.4 is 5.32 Å². The first-order valence-electron chi connectivity index (χ1n) is 7.34. The normalized spacial score (nSPS) is 13.9. The van der Waals surface area contributed by atoms with Gasteiger partial charge < -0.3 is 10.1 Å². The molecule has 2 heteroatoms. The lowest BCUT2D eigenvalue weighted by Crippen LogP contribution is -2.34. The van der Waals surface area contributed by atoms with Gasteiger partial charge in [0.1, 0.15) is 0 Å². The number of hydrogen-bond acceptors (Lipinski definition) is 2. The van der Waals surface area contributed by atoms with Gasteiger partial charge in [-0.15, -0.1) is 0 Å². The zero-order valence-corrected chi connectivity index (χ0v) is 12.6. The molecule has 0 rings (SSSR count). The van der Waals surface area contributed by atoms with Crippen LogP contribution in [0.2, 0.25) is 0 Å². The van der Waals surface area contributed by atoms with E-state index < -0.39 is 0 Å². The van der Waals surface area contributed by atoms with Crippen molar-refractivity contribution in [3.8, 4) is 0 Å². The maximum atomic E-state index is 5.94. The minimum absolute atomic E-state index is 0.244. The first-order chi connectivity index (χ1) is 8.02. The van der Waals surface area contributed by atoms with Crippen molar-refractivity contribution < 1.29 is 4.74 Å². The van der Waals surface area contributed by atoms with Crippen LogP contribution in [0.15, 0.2) is 0 Å². The minimum atomic E-state index is 0.244. The van der Waals surface area contributed by atoms with E-state index in [-0.39, 0.29) is 5.41 Å². The molecule has 1 unspecified atom stereocenters. The van der Waals surface area contributed by atoms with E-state index in [0.717, 1.165) is 19.7 Å². The van der Waals surface area contributed by atoms with E-state index in [0.29, 0.717) is 6.10 Å². The summed E-state index contributed by atoms with van der Waals surface area (Å²) in [5.41, 5.74) is 0.244. The lowest BCUT2D eigenvalue weighted by molar-refractivity contribution is 0.00755. The van der Waals surface area contributed by atoms with Gasteiger partial charge in [0.15, 0.2) is 0 Å². The molecule has 0 aliphatic carbocycles. The van der Waals surface area contributed by atoms with E-state index >= 15 is 0 Å². The summed E-state index contributed by atoms with van der Waals surface area (Å²) in [5, 5.41) is 3.39. The summed E-state index contributed by atoms with van der Waals surface area (Å²) >= 11 is 0. The zero-order valence-electron chi connectivity index (χ0n) is 12.6. The van der Waals surface area contributed by atoms with Crippen LogP contribution in [0, 0.1) is 5.41 Å². The summed E-state index contributed by atoms with van der Waals surface area (Å²) in [7, 11) is 0. The summed E-state index contributed by atoms with van der Waals surface area (Å²) in [6, 6.07) is 0. The average molecular weight is 243 g/mol. The Morgan fingerprint density at radius 3 is 2.41 bits per heavy atom. The third kappa shape index (κ3) is 10.8. The third-order valence-corrected chi connectivity index (χ3v) is 3.08. The number of ether oxygens (including phenoxy) is 1. The number of unbranched alkanes of at least 4 members (excludes halogenated alkanes) is 3. The van der Waals surface area contributed by atoms with Crippen LogP contribution in [-0.4, -0.2) is 25.8 Å². The van der Waals surface area contributed by atoms with Crippen LogP contribution in [0.3, 0.4) is 0 Å². The summed E-state index contributed by atoms with van der Waals surface area (Å²) in [5.74, 6) is 0. The molecule has 104 valence electrons. The van der Waals surface area contributed by atoms with Crippen molar-refractivity contribution in [2.45, 2.75) is 72.8 Å². The van der Waals surface area contributed by atoms with Crippen LogP contribution in [0.4, 0.5) is 0 Å². The molecule has 0 spiro atoms. The monoisotopic (exact) mass is 243 g/mol. The average Bonchev–Trinajstić information content (AvgIpc) is 2.30. The summed E-state index contributed by atoms with van der Waals surface area (Å²) in [6.07, 6.45) is 6.95. The van der Waals surface area contributed by atoms with Crippen LogP contribution in [0.1, 0.15) is 66.7 Å². The summed E-state index contributed by atoms with van der Waals surface area (Å²) in [6.45, 7) is 14.1. The van der Waals surface area contributed by atoms with Crippen molar-refractivity contribution in [3.05, 3.63) is 0 Å². The van der Waals surface area contributed by atoms with E-state index in [1.54, 1.807) is 0 Å². The minimum Gasteiger partial charge on any atom is -0.378 e. The van der Waals surface area contributed by atoms with E-state index in [4.69, 9.17) is 4.74 Å². The van der Waals surface area contributed by atoms with Crippen LogP contribution in [-0.2, 0) is 4.74 Å². The maximum Gasteiger partial charge on any atom is 0.0547 e. The molecule has 2 nitrogen and oxygen atoms in total. The van der Waals surface area contributed by atoms with Crippen molar-refractivity contribution in [3.63, 3.8) is 0 Å². The number of hydrogen-bond donors (Lipinski definition) is 1. The lowest BCUT2D eigenvalue weighted by Gasteiger charge is -2.26. The molecule has 0 aliphatic heterocycles. The first kappa shape index (κ1) is 16.9. The summed E-state index contributed by atoms with van der Waals surface area (Å²) in [4.78, 5) is 0. The molecule has 0 saturated heterocycles. The van der Waals surface area contributed by atoms with Crippen molar-refractivity contribution in [2.75, 3.05) is 19.7 Å². The Hall–Kier alpha value is -0.0800. The predicted molar refractivity (Wildman–Crippen MR) is 76.5 cm³/mol. The molecule has 0 saturated carbocycles. The second-order valence-electron chi connectivity index (χ2n) is 5.92. The third-order valence-electron chi connectivity index (χ3n) is 3.08. The molecule has 0 aromatic heterocycles. The van der Waals surface area contributed by atoms with Gasteiger partial charge in [-0.3, -0.25) is 0 Å². The molecule has 1 N–H and O–H groups in total. The highest BCUT2D eigenvalue weighted by Gasteiger charge is 2.18. The van der Waals surface area contributed by atoms with Gasteiger partial charge in [0.2, 0.25) is 0 Å². The molecule has 0 aromatic carbocycles. The van der Waals surface area contributed by atoms with Crippen molar-refractivity contribution >= 4 is 0 Å². The van der Waals surface area contributed by atoms with E-state index in [1.165, 1.54) is 32.1 Å². The maximum absolute atomic E-state index is 5.94. The molecule has 1 atom stereocenters. The van der Waals surface area contributed by atoms with E-state index in [1.807, 2.05) is 0 Å². The molecular formula is C15H33NO. The zero-order chi connectivity index (χ0) is 13.1. The van der Waals surface area contributed by atoms with Gasteiger partial charge in [0.05, 0.1) is 12.7 Å². The molecular weight excluding hydrogens is 210 g/mol. The molecule has 0 radical (unpaired) electrons. The molecule has 0 aliphatic rings. The van der Waals surface area contributed by atoms with Crippen molar-refractivity contribution in [1.29, 1.82) is 0 Å². The fraction of sp³-hybridized carbons (Fsp3) is 1.00. The van der Waals surface area contributed by atoms with Crippen LogP contribution in [0.25, 0.3) is 0 Å². The fourth-order valence-electron chi connectivity index (χ4n) is 1.82. The summed E-state index contributed by atoms with van der Waals surface area (Å²) < 4.78 is 5.94. The van der Waals surface area contributed by atoms with Crippen LogP contribution in [0.5, 0.6) is 0 Å². The molecule has 0 fully saturated rings. The van der Waals surface area contributed by atoms with Gasteiger partial charge in [-0.2, -0.15) is 0 Å². The molecule has 17 heavy (non-hydrogen) atoms. The highest BCUT2D eigenvalue weighted by atomic mass is 16.5. The van der Waals surface area contributed by atoms with Gasteiger partial charge in [-0.1, -0.05) is 53.4 Å². The van der Waals surface area contributed by atoms with Gasteiger partial charge >= 0.3 is 0 Å². The molecule has 0 bridgehead atoms. The first-order valence-corrected chi connectivity index (χ1v) is 7.34. The highest BCUT2D eigenvalue weighted by Crippen LogP contribution is 2.16. The van der Waals surface area contributed by atoms with Gasteiger partial charge in [0.25, 0.3) is 0 Å². The predicted octanol–water partition coefficient (Wildman–Crippen LogP) is 4.00. The van der Waals surface area contributed by atoms with Crippen LogP contribution >= 0.6 is 0 Å². The fourth-order valence-corrected chi connectivity index (χ4v) is 1.82. The SMILES string of the molecule is CCCCCCC(C)OCC(C)(C)CNCC. The quantitative estimate of drug-likeness (QED) is 0.554. The second-order valence-corrected chi connectivity index (χ2v) is 5.92. The molecule has 0 amide bonds. The van der Waals surface area contributed by atoms with Gasteiger partial charge in [-0.05, 0) is 19.9 Å². The van der Waals surface area contributed by atoms with Crippen molar-refractivity contribution in [2.24, 2.45) is 5.41 Å². The topological polar surface area (TPSA) is 21.3 Å². The Morgan fingerprint density at radius 1 is 1.12 bits per heavy atom. The smallest absolute Gasteiger partial charge is 0.0547 e. The van der Waals surface area contributed by atoms with Crippen molar-refractivity contribution in [1.82, 2.24) is 5.32 Å². The molecule has 0 aromatic rings. The highest BCUT2D eigenvalue weighted by molar-refractivity contribution is 4.71. The van der Waals surface area contributed by atoms with Gasteiger partial charge in [0, 0.05) is 12.0 Å². The van der Waals surface area contributed by atoms with E-state index in [9.17, 15) is 0 Å². The Labute approximate surface area is 109 Å². The van der Waals surface area contributed by atoms with Gasteiger partial charge in [-0.25, -0.2) is 0 Å². The Balaban J connectivity index is 3.56. The number of nitrogens with one attached hydrogen (secondary N) is 1. The second kappa shape index (κ2) is 9.90. The standard InChI is InChI=1S/C15H33NO/c1-6-8-9-10-11-14(3)17-13-15(4,5)12-16-7-2/h14,16H,6-13H2,1-5H3. The Kier molecular flexibility index (Phi) is 9.85. The number of rotatable bonds is 11. The lowest BCUT2D eigenvalue weighted by atomic mass is 9.94.